The highest BCUT2D eigenvalue weighted by Gasteiger charge is 2.21. The molecule has 0 heterocycles. The number of rotatable bonds is 10. The van der Waals surface area contributed by atoms with Gasteiger partial charge in [-0.3, -0.25) is 14.4 Å². The maximum Gasteiger partial charge on any atom is 0.305 e. The zero-order chi connectivity index (χ0) is 19.5. The van der Waals surface area contributed by atoms with Gasteiger partial charge in [0.05, 0.1) is 19.6 Å². The highest BCUT2D eigenvalue weighted by atomic mass is 16.5. The first-order valence-electron chi connectivity index (χ1n) is 9.09. The third-order valence-electron chi connectivity index (χ3n) is 4.33. The van der Waals surface area contributed by atoms with Gasteiger partial charge in [0.1, 0.15) is 0 Å². The first-order valence-corrected chi connectivity index (χ1v) is 9.09. The van der Waals surface area contributed by atoms with E-state index in [1.54, 1.807) is 24.3 Å². The van der Waals surface area contributed by atoms with Crippen LogP contribution in [0.2, 0.25) is 0 Å². The van der Waals surface area contributed by atoms with E-state index >= 15 is 0 Å². The summed E-state index contributed by atoms with van der Waals surface area (Å²) in [5, 5.41) is 2.82. The average Bonchev–Trinajstić information content (AvgIpc) is 2.72. The number of carbonyl (C=O) groups is 3. The van der Waals surface area contributed by atoms with Crippen molar-refractivity contribution >= 4 is 17.7 Å². The van der Waals surface area contributed by atoms with Crippen LogP contribution in [0.1, 0.15) is 41.6 Å². The van der Waals surface area contributed by atoms with Gasteiger partial charge in [0.15, 0.2) is 5.78 Å². The van der Waals surface area contributed by atoms with Crippen molar-refractivity contribution < 1.29 is 19.1 Å². The molecule has 2 rings (SSSR count). The molecule has 2 aromatic rings. The lowest BCUT2D eigenvalue weighted by Gasteiger charge is -2.18. The van der Waals surface area contributed by atoms with E-state index in [1.165, 1.54) is 12.7 Å². The van der Waals surface area contributed by atoms with Crippen LogP contribution in [0.3, 0.4) is 0 Å². The molecule has 1 unspecified atom stereocenters. The van der Waals surface area contributed by atoms with E-state index in [9.17, 15) is 14.4 Å². The summed E-state index contributed by atoms with van der Waals surface area (Å²) in [6.45, 7) is 0. The maximum absolute atomic E-state index is 12.6. The molecular formula is C22H25NO4. The molecule has 0 bridgehead atoms. The molecule has 1 amide bonds. The molecule has 0 aliphatic heterocycles. The number of benzene rings is 2. The monoisotopic (exact) mass is 367 g/mol. The van der Waals surface area contributed by atoms with Crippen molar-refractivity contribution in [2.75, 3.05) is 7.11 Å². The number of ether oxygens (including phenoxy) is 1. The molecule has 1 atom stereocenters. The molecule has 0 aromatic heterocycles. The van der Waals surface area contributed by atoms with Gasteiger partial charge in [-0.15, -0.1) is 0 Å². The minimum atomic E-state index is -0.619. The Hall–Kier alpha value is -2.95. The summed E-state index contributed by atoms with van der Waals surface area (Å²) in [5.41, 5.74) is 1.69. The average molecular weight is 367 g/mol. The molecule has 142 valence electrons. The minimum absolute atomic E-state index is 0.0196. The quantitative estimate of drug-likeness (QED) is 0.654. The second-order valence-corrected chi connectivity index (χ2v) is 6.31. The summed E-state index contributed by atoms with van der Waals surface area (Å²) in [6, 6.07) is 18.2. The van der Waals surface area contributed by atoms with Crippen LogP contribution in [0.5, 0.6) is 0 Å². The number of esters is 1. The van der Waals surface area contributed by atoms with Crippen LogP contribution in [0, 0.1) is 0 Å². The van der Waals surface area contributed by atoms with Crippen LogP contribution in [-0.2, 0) is 20.7 Å². The first kappa shape index (κ1) is 20.4. The third-order valence-corrected chi connectivity index (χ3v) is 4.33. The molecule has 2 aromatic carbocycles. The number of ketones is 1. The molecule has 1 N–H and O–H groups in total. The number of Topliss-reactive ketones (excluding diaryl/α,β-unsaturated/α-hetero) is 1. The van der Waals surface area contributed by atoms with Crippen LogP contribution in [0.4, 0.5) is 0 Å². The zero-order valence-corrected chi connectivity index (χ0v) is 15.5. The highest BCUT2D eigenvalue weighted by molar-refractivity contribution is 5.98. The normalized spacial score (nSPS) is 11.4. The fraction of sp³-hybridized carbons (Fsp3) is 0.318. The van der Waals surface area contributed by atoms with Crippen molar-refractivity contribution in [3.8, 4) is 0 Å². The molecule has 5 heteroatoms. The Morgan fingerprint density at radius 3 is 2.19 bits per heavy atom. The van der Waals surface area contributed by atoms with Crippen molar-refractivity contribution in [1.29, 1.82) is 0 Å². The van der Waals surface area contributed by atoms with Gasteiger partial charge < -0.3 is 10.1 Å². The van der Waals surface area contributed by atoms with Gasteiger partial charge in [-0.25, -0.2) is 0 Å². The number of hydrogen-bond donors (Lipinski definition) is 1. The summed E-state index contributed by atoms with van der Waals surface area (Å²) in [4.78, 5) is 36.3. The fourth-order valence-corrected chi connectivity index (χ4v) is 2.80. The molecule has 0 saturated carbocycles. The number of nitrogens with one attached hydrogen (secondary N) is 1. The number of methoxy groups -OCH3 is 1. The van der Waals surface area contributed by atoms with Crippen LogP contribution >= 0.6 is 0 Å². The SMILES string of the molecule is COC(=O)CCC(=O)C(CCCc1ccccc1)NC(=O)c1ccccc1. The van der Waals surface area contributed by atoms with E-state index in [4.69, 9.17) is 0 Å². The van der Waals surface area contributed by atoms with E-state index in [1.807, 2.05) is 36.4 Å². The lowest BCUT2D eigenvalue weighted by atomic mass is 9.99. The zero-order valence-electron chi connectivity index (χ0n) is 15.5. The van der Waals surface area contributed by atoms with Gasteiger partial charge >= 0.3 is 5.97 Å². The lowest BCUT2D eigenvalue weighted by Crippen LogP contribution is -2.41. The van der Waals surface area contributed by atoms with Gasteiger partial charge in [-0.05, 0) is 37.0 Å². The topological polar surface area (TPSA) is 72.5 Å². The standard InChI is InChI=1S/C22H25NO4/c1-27-21(25)16-15-20(24)19(14-8-11-17-9-4-2-5-10-17)23-22(26)18-12-6-3-7-13-18/h2-7,9-10,12-13,19H,8,11,14-16H2,1H3,(H,23,26). The number of amides is 1. The minimum Gasteiger partial charge on any atom is -0.469 e. The second-order valence-electron chi connectivity index (χ2n) is 6.31. The van der Waals surface area contributed by atoms with Crippen LogP contribution in [0.25, 0.3) is 0 Å². The molecule has 27 heavy (non-hydrogen) atoms. The largest absolute Gasteiger partial charge is 0.469 e. The van der Waals surface area contributed by atoms with E-state index in [0.29, 0.717) is 12.0 Å². The van der Waals surface area contributed by atoms with Crippen LogP contribution < -0.4 is 5.32 Å². The van der Waals surface area contributed by atoms with Gasteiger partial charge in [-0.1, -0.05) is 48.5 Å². The maximum atomic E-state index is 12.6. The fourth-order valence-electron chi connectivity index (χ4n) is 2.80. The Morgan fingerprint density at radius 2 is 1.56 bits per heavy atom. The summed E-state index contributed by atoms with van der Waals surface area (Å²) in [7, 11) is 1.29. The van der Waals surface area contributed by atoms with Gasteiger partial charge in [0, 0.05) is 12.0 Å². The molecule has 0 spiro atoms. The molecular weight excluding hydrogens is 342 g/mol. The summed E-state index contributed by atoms with van der Waals surface area (Å²) in [5.74, 6) is -0.870. The molecule has 0 saturated heterocycles. The predicted molar refractivity (Wildman–Crippen MR) is 103 cm³/mol. The summed E-state index contributed by atoms with van der Waals surface area (Å²) in [6.07, 6.45) is 2.17. The molecule has 0 aliphatic rings. The van der Waals surface area contributed by atoms with E-state index < -0.39 is 12.0 Å². The Morgan fingerprint density at radius 1 is 0.926 bits per heavy atom. The highest BCUT2D eigenvalue weighted by Crippen LogP contribution is 2.11. The summed E-state index contributed by atoms with van der Waals surface area (Å²) >= 11 is 0. The third kappa shape index (κ3) is 7.05. The van der Waals surface area contributed by atoms with Gasteiger partial charge in [0.2, 0.25) is 0 Å². The lowest BCUT2D eigenvalue weighted by molar-refractivity contribution is -0.142. The Bertz CT molecular complexity index is 743. The predicted octanol–water partition coefficient (Wildman–Crippen LogP) is 3.33. The smallest absolute Gasteiger partial charge is 0.305 e. The number of carbonyl (C=O) groups excluding carboxylic acids is 3. The van der Waals surface area contributed by atoms with Crippen molar-refractivity contribution in [1.82, 2.24) is 5.32 Å². The van der Waals surface area contributed by atoms with E-state index in [-0.39, 0.29) is 24.5 Å². The van der Waals surface area contributed by atoms with Crippen molar-refractivity contribution in [3.05, 3.63) is 71.8 Å². The van der Waals surface area contributed by atoms with Crippen molar-refractivity contribution in [2.45, 2.75) is 38.1 Å². The first-order chi connectivity index (χ1) is 13.1. The number of aryl methyl sites for hydroxylation is 1. The Labute approximate surface area is 159 Å². The van der Waals surface area contributed by atoms with Crippen LogP contribution in [0.15, 0.2) is 60.7 Å². The number of hydrogen-bond acceptors (Lipinski definition) is 4. The second kappa shape index (κ2) is 10.9. The van der Waals surface area contributed by atoms with Gasteiger partial charge in [-0.2, -0.15) is 0 Å². The van der Waals surface area contributed by atoms with Crippen molar-refractivity contribution in [3.63, 3.8) is 0 Å². The summed E-state index contributed by atoms with van der Waals surface area (Å²) < 4.78 is 4.59. The van der Waals surface area contributed by atoms with E-state index in [0.717, 1.165) is 12.8 Å². The Balaban J connectivity index is 1.97. The van der Waals surface area contributed by atoms with Crippen molar-refractivity contribution in [2.24, 2.45) is 0 Å². The molecule has 0 fully saturated rings. The van der Waals surface area contributed by atoms with Gasteiger partial charge in [0.25, 0.3) is 5.91 Å². The van der Waals surface area contributed by atoms with E-state index in [2.05, 4.69) is 10.1 Å². The molecule has 0 aliphatic carbocycles. The Kier molecular flexibility index (Phi) is 8.23. The molecule has 5 nitrogen and oxygen atoms in total. The van der Waals surface area contributed by atoms with Crippen LogP contribution in [-0.4, -0.2) is 30.8 Å². The molecule has 0 radical (unpaired) electrons.